The molecule has 0 bridgehead atoms. The standard InChI is InChI=1S/C12H12Cl2F3N3O/c13-6-1-9(14)10(19-2-6)5-20-3-7(11(18)21)8(4-20)12(15,16)17/h1-2,7-8H,3-5H2,(H2,18,21)/t7-,8-/m1/s1. The van der Waals surface area contributed by atoms with Crippen LogP contribution in [0.2, 0.25) is 10.0 Å². The normalized spacial score (nSPS) is 23.5. The summed E-state index contributed by atoms with van der Waals surface area (Å²) < 4.78 is 38.8. The van der Waals surface area contributed by atoms with Gasteiger partial charge >= 0.3 is 6.18 Å². The SMILES string of the molecule is NC(=O)[C@@H]1CN(Cc2ncc(Cl)cc2Cl)C[C@H]1C(F)(F)F. The first-order chi connectivity index (χ1) is 9.68. The van der Waals surface area contributed by atoms with Gasteiger partial charge in [0.2, 0.25) is 5.91 Å². The molecule has 0 unspecified atom stereocenters. The van der Waals surface area contributed by atoms with Crippen molar-refractivity contribution in [1.29, 1.82) is 0 Å². The Morgan fingerprint density at radius 1 is 1.43 bits per heavy atom. The zero-order chi connectivity index (χ0) is 15.8. The van der Waals surface area contributed by atoms with E-state index in [0.29, 0.717) is 10.7 Å². The van der Waals surface area contributed by atoms with E-state index in [2.05, 4.69) is 4.98 Å². The second kappa shape index (κ2) is 5.98. The molecule has 21 heavy (non-hydrogen) atoms. The second-order valence-corrected chi connectivity index (χ2v) is 5.78. The van der Waals surface area contributed by atoms with Gasteiger partial charge in [-0.2, -0.15) is 13.2 Å². The first-order valence-electron chi connectivity index (χ1n) is 6.06. The molecule has 1 fully saturated rings. The van der Waals surface area contributed by atoms with Gasteiger partial charge in [-0.15, -0.1) is 0 Å². The average molecular weight is 342 g/mol. The number of nitrogens with two attached hydrogens (primary N) is 1. The van der Waals surface area contributed by atoms with Gasteiger partial charge in [0.1, 0.15) is 0 Å². The molecule has 1 saturated heterocycles. The molecular weight excluding hydrogens is 330 g/mol. The van der Waals surface area contributed by atoms with Crippen molar-refractivity contribution in [3.63, 3.8) is 0 Å². The molecule has 2 heterocycles. The summed E-state index contributed by atoms with van der Waals surface area (Å²) in [6.45, 7) is -0.274. The van der Waals surface area contributed by atoms with Gasteiger partial charge in [-0.1, -0.05) is 23.2 Å². The van der Waals surface area contributed by atoms with Crippen LogP contribution >= 0.6 is 23.2 Å². The Labute approximate surface area is 129 Å². The molecule has 0 saturated carbocycles. The Morgan fingerprint density at radius 2 is 2.10 bits per heavy atom. The number of pyridine rings is 1. The Balaban J connectivity index is 2.14. The van der Waals surface area contributed by atoms with Gasteiger partial charge in [0, 0.05) is 25.8 Å². The molecule has 2 atom stereocenters. The summed E-state index contributed by atoms with van der Waals surface area (Å²) in [5, 5.41) is 0.613. The number of hydrogen-bond acceptors (Lipinski definition) is 3. The lowest BCUT2D eigenvalue weighted by molar-refractivity contribution is -0.182. The fraction of sp³-hybridized carbons (Fsp3) is 0.500. The van der Waals surface area contributed by atoms with Crippen molar-refractivity contribution >= 4 is 29.1 Å². The summed E-state index contributed by atoms with van der Waals surface area (Å²) in [5.41, 5.74) is 5.47. The highest BCUT2D eigenvalue weighted by Gasteiger charge is 2.51. The second-order valence-electron chi connectivity index (χ2n) is 4.93. The molecule has 1 aliphatic rings. The number of hydrogen-bond donors (Lipinski definition) is 1. The molecule has 0 aromatic carbocycles. The van der Waals surface area contributed by atoms with Crippen LogP contribution in [0.3, 0.4) is 0 Å². The minimum Gasteiger partial charge on any atom is -0.369 e. The van der Waals surface area contributed by atoms with Crippen LogP contribution in [0.4, 0.5) is 13.2 Å². The number of halogens is 5. The van der Waals surface area contributed by atoms with Crippen molar-refractivity contribution in [2.45, 2.75) is 12.7 Å². The van der Waals surface area contributed by atoms with Crippen LogP contribution in [0, 0.1) is 11.8 Å². The monoisotopic (exact) mass is 341 g/mol. The van der Waals surface area contributed by atoms with Gasteiger partial charge in [0.15, 0.2) is 0 Å². The van der Waals surface area contributed by atoms with Gasteiger partial charge in [-0.3, -0.25) is 14.7 Å². The van der Waals surface area contributed by atoms with Gasteiger partial charge in [0.05, 0.1) is 27.6 Å². The van der Waals surface area contributed by atoms with Crippen LogP contribution in [-0.2, 0) is 11.3 Å². The molecule has 116 valence electrons. The third-order valence-corrected chi connectivity index (χ3v) is 3.97. The molecule has 0 spiro atoms. The number of rotatable bonds is 3. The van der Waals surface area contributed by atoms with Crippen LogP contribution < -0.4 is 5.73 Å². The zero-order valence-electron chi connectivity index (χ0n) is 10.7. The number of amides is 1. The average Bonchev–Trinajstić information content (AvgIpc) is 2.77. The molecular formula is C12H12Cl2F3N3O. The Morgan fingerprint density at radius 3 is 2.57 bits per heavy atom. The largest absolute Gasteiger partial charge is 0.393 e. The Kier molecular flexibility index (Phi) is 4.65. The lowest BCUT2D eigenvalue weighted by atomic mass is 9.95. The predicted octanol–water partition coefficient (Wildman–Crippen LogP) is 2.48. The smallest absolute Gasteiger partial charge is 0.369 e. The van der Waals surface area contributed by atoms with E-state index in [-0.39, 0.29) is 24.7 Å². The molecule has 4 nitrogen and oxygen atoms in total. The molecule has 0 radical (unpaired) electrons. The van der Waals surface area contributed by atoms with E-state index in [1.54, 1.807) is 0 Å². The highest BCUT2D eigenvalue weighted by Crippen LogP contribution is 2.38. The highest BCUT2D eigenvalue weighted by atomic mass is 35.5. The number of alkyl halides is 3. The van der Waals surface area contributed by atoms with Crippen LogP contribution in [-0.4, -0.2) is 35.1 Å². The highest BCUT2D eigenvalue weighted by molar-refractivity contribution is 6.34. The number of carbonyl (C=O) groups excluding carboxylic acids is 1. The van der Waals surface area contributed by atoms with E-state index >= 15 is 0 Å². The molecule has 1 amide bonds. The van der Waals surface area contributed by atoms with Crippen molar-refractivity contribution < 1.29 is 18.0 Å². The summed E-state index contributed by atoms with van der Waals surface area (Å²) in [6, 6.07) is 1.47. The van der Waals surface area contributed by atoms with E-state index in [9.17, 15) is 18.0 Å². The lowest BCUT2D eigenvalue weighted by Gasteiger charge is -2.18. The number of carbonyl (C=O) groups is 1. The summed E-state index contributed by atoms with van der Waals surface area (Å²) in [5.74, 6) is -3.97. The van der Waals surface area contributed by atoms with Crippen molar-refractivity contribution in [2.75, 3.05) is 13.1 Å². The third kappa shape index (κ3) is 3.78. The number of likely N-dealkylation sites (tertiary alicyclic amines) is 1. The van der Waals surface area contributed by atoms with Crippen LogP contribution in [0.25, 0.3) is 0 Å². The summed E-state index contributed by atoms with van der Waals surface area (Å²) in [6.07, 6.45) is -3.10. The van der Waals surface area contributed by atoms with Crippen molar-refractivity contribution in [1.82, 2.24) is 9.88 Å². The lowest BCUT2D eigenvalue weighted by Crippen LogP contribution is -2.37. The number of aromatic nitrogens is 1. The van der Waals surface area contributed by atoms with Crippen molar-refractivity contribution in [3.8, 4) is 0 Å². The first kappa shape index (κ1) is 16.3. The number of nitrogens with zero attached hydrogens (tertiary/aromatic N) is 2. The van der Waals surface area contributed by atoms with Gasteiger partial charge in [-0.25, -0.2) is 0 Å². The maximum Gasteiger partial charge on any atom is 0.393 e. The van der Waals surface area contributed by atoms with Crippen LogP contribution in [0.5, 0.6) is 0 Å². The Bertz CT molecular complexity index is 553. The van der Waals surface area contributed by atoms with Crippen molar-refractivity contribution in [2.24, 2.45) is 17.6 Å². The maximum absolute atomic E-state index is 12.9. The van der Waals surface area contributed by atoms with Gasteiger partial charge in [-0.05, 0) is 6.07 Å². The summed E-state index contributed by atoms with van der Waals surface area (Å²) >= 11 is 11.7. The molecule has 2 rings (SSSR count). The zero-order valence-corrected chi connectivity index (χ0v) is 12.2. The Hall–Kier alpha value is -1.05. The van der Waals surface area contributed by atoms with Crippen molar-refractivity contribution in [3.05, 3.63) is 28.0 Å². The van der Waals surface area contributed by atoms with E-state index in [1.165, 1.54) is 17.2 Å². The summed E-state index contributed by atoms with van der Waals surface area (Å²) in [4.78, 5) is 16.7. The van der Waals surface area contributed by atoms with E-state index < -0.39 is 23.9 Å². The van der Waals surface area contributed by atoms with E-state index in [0.717, 1.165) is 0 Å². The fourth-order valence-corrected chi connectivity index (χ4v) is 2.85. The van der Waals surface area contributed by atoms with E-state index in [4.69, 9.17) is 28.9 Å². The minimum absolute atomic E-state index is 0.0693. The number of primary amides is 1. The molecule has 9 heteroatoms. The fourth-order valence-electron chi connectivity index (χ4n) is 2.41. The third-order valence-electron chi connectivity index (χ3n) is 3.44. The van der Waals surface area contributed by atoms with Gasteiger partial charge < -0.3 is 5.73 Å². The van der Waals surface area contributed by atoms with Crippen LogP contribution in [0.15, 0.2) is 12.3 Å². The minimum atomic E-state index is -4.47. The topological polar surface area (TPSA) is 59.2 Å². The molecule has 0 aliphatic carbocycles. The summed E-state index contributed by atoms with van der Waals surface area (Å²) in [7, 11) is 0. The quantitative estimate of drug-likeness (QED) is 0.918. The predicted molar refractivity (Wildman–Crippen MR) is 71.8 cm³/mol. The molecule has 1 aromatic heterocycles. The molecule has 1 aliphatic heterocycles. The maximum atomic E-state index is 12.9. The molecule has 1 aromatic rings. The van der Waals surface area contributed by atoms with E-state index in [1.807, 2.05) is 0 Å². The van der Waals surface area contributed by atoms with Gasteiger partial charge in [0.25, 0.3) is 0 Å². The first-order valence-corrected chi connectivity index (χ1v) is 6.82. The van der Waals surface area contributed by atoms with Crippen LogP contribution in [0.1, 0.15) is 5.69 Å². The molecule has 2 N–H and O–H groups in total.